The number of nitrogens with one attached hydrogen (secondary N) is 1. The Morgan fingerprint density at radius 1 is 1.33 bits per heavy atom. The molecular weight excluding hydrogens is 276 g/mol. The van der Waals surface area contributed by atoms with Crippen molar-refractivity contribution in [1.82, 2.24) is 10.3 Å². The molecule has 3 heteroatoms. The van der Waals surface area contributed by atoms with Crippen molar-refractivity contribution in [3.8, 4) is 0 Å². The van der Waals surface area contributed by atoms with Crippen LogP contribution in [0.2, 0.25) is 0 Å². The quantitative estimate of drug-likeness (QED) is 0.774. The van der Waals surface area contributed by atoms with Gasteiger partial charge in [0.05, 0.1) is 5.54 Å². The Hall–Kier alpha value is -0.410. The van der Waals surface area contributed by atoms with Gasteiger partial charge in [0.15, 0.2) is 0 Å². The van der Waals surface area contributed by atoms with Crippen molar-refractivity contribution >= 4 is 11.3 Å². The number of aryl methyl sites for hydroxylation is 1. The molecule has 0 aromatic carbocycles. The molecule has 1 aromatic rings. The molecule has 0 radical (unpaired) electrons. The number of nitrogens with zero attached hydrogens (tertiary/aromatic N) is 1. The van der Waals surface area contributed by atoms with Gasteiger partial charge in [-0.15, -0.1) is 11.3 Å². The lowest BCUT2D eigenvalue weighted by Crippen LogP contribution is -2.47. The van der Waals surface area contributed by atoms with Crippen LogP contribution in [0.3, 0.4) is 0 Å². The van der Waals surface area contributed by atoms with E-state index in [1.54, 1.807) is 0 Å². The summed E-state index contributed by atoms with van der Waals surface area (Å²) in [7, 11) is 0. The average molecular weight is 309 g/mol. The molecule has 0 saturated heterocycles. The third-order valence-corrected chi connectivity index (χ3v) is 6.76. The molecule has 2 rings (SSSR count). The zero-order chi connectivity index (χ0) is 15.5. The minimum Gasteiger partial charge on any atom is -0.305 e. The van der Waals surface area contributed by atoms with Crippen LogP contribution in [0.1, 0.15) is 76.9 Å². The highest BCUT2D eigenvalue weighted by atomic mass is 32.1. The Morgan fingerprint density at radius 2 is 2.00 bits per heavy atom. The summed E-state index contributed by atoms with van der Waals surface area (Å²) < 4.78 is 0. The fourth-order valence-corrected chi connectivity index (χ4v) is 4.62. The summed E-state index contributed by atoms with van der Waals surface area (Å²) in [6.45, 7) is 12.7. The predicted molar refractivity (Wildman–Crippen MR) is 92.9 cm³/mol. The van der Waals surface area contributed by atoms with E-state index in [2.05, 4.69) is 45.3 Å². The second-order valence-electron chi connectivity index (χ2n) is 7.42. The summed E-state index contributed by atoms with van der Waals surface area (Å²) in [4.78, 5) is 4.82. The summed E-state index contributed by atoms with van der Waals surface area (Å²) in [5, 5.41) is 7.37. The molecule has 1 N–H and O–H groups in total. The van der Waals surface area contributed by atoms with E-state index in [-0.39, 0.29) is 5.54 Å². The fourth-order valence-electron chi connectivity index (χ4n) is 3.59. The number of rotatable bonds is 6. The maximum Gasteiger partial charge on any atom is 0.113 e. The summed E-state index contributed by atoms with van der Waals surface area (Å²) >= 11 is 1.85. The van der Waals surface area contributed by atoms with Crippen LogP contribution in [0, 0.1) is 18.3 Å². The zero-order valence-electron chi connectivity index (χ0n) is 14.5. The molecule has 21 heavy (non-hydrogen) atoms. The second kappa shape index (κ2) is 6.78. The molecule has 0 spiro atoms. The van der Waals surface area contributed by atoms with Gasteiger partial charge < -0.3 is 5.32 Å². The van der Waals surface area contributed by atoms with Gasteiger partial charge in [-0.25, -0.2) is 4.98 Å². The van der Waals surface area contributed by atoms with Crippen LogP contribution in [0.4, 0.5) is 0 Å². The van der Waals surface area contributed by atoms with Gasteiger partial charge in [-0.2, -0.15) is 0 Å². The first-order chi connectivity index (χ1) is 9.93. The Balaban J connectivity index is 2.14. The minimum absolute atomic E-state index is 0.148. The first-order valence-electron chi connectivity index (χ1n) is 8.61. The van der Waals surface area contributed by atoms with Crippen molar-refractivity contribution in [1.29, 1.82) is 0 Å². The zero-order valence-corrected chi connectivity index (χ0v) is 15.3. The molecule has 0 amide bonds. The highest BCUT2D eigenvalue weighted by molar-refractivity contribution is 7.09. The SMILES string of the molecule is CCCNC1(c2nc(C)cs2)CCC(C(C)(C)CC)CC1. The van der Waals surface area contributed by atoms with Gasteiger partial charge in [-0.1, -0.05) is 34.1 Å². The van der Waals surface area contributed by atoms with Crippen LogP contribution < -0.4 is 5.32 Å². The average Bonchev–Trinajstić information content (AvgIpc) is 2.92. The largest absolute Gasteiger partial charge is 0.305 e. The van der Waals surface area contributed by atoms with E-state index in [0.29, 0.717) is 5.41 Å². The van der Waals surface area contributed by atoms with Gasteiger partial charge in [0.1, 0.15) is 5.01 Å². The molecule has 1 fully saturated rings. The monoisotopic (exact) mass is 308 g/mol. The van der Waals surface area contributed by atoms with Gasteiger partial charge in [-0.3, -0.25) is 0 Å². The third-order valence-electron chi connectivity index (χ3n) is 5.60. The molecule has 1 aliphatic carbocycles. The van der Waals surface area contributed by atoms with E-state index in [1.165, 1.54) is 49.2 Å². The lowest BCUT2D eigenvalue weighted by atomic mass is 9.65. The lowest BCUT2D eigenvalue weighted by molar-refractivity contribution is 0.0976. The normalized spacial score (nSPS) is 27.0. The first kappa shape index (κ1) is 17.0. The van der Waals surface area contributed by atoms with E-state index in [1.807, 2.05) is 11.3 Å². The molecular formula is C18H32N2S. The summed E-state index contributed by atoms with van der Waals surface area (Å²) in [5.74, 6) is 0.861. The molecule has 0 unspecified atom stereocenters. The van der Waals surface area contributed by atoms with Crippen molar-refractivity contribution < 1.29 is 0 Å². The van der Waals surface area contributed by atoms with Crippen molar-refractivity contribution in [2.45, 2.75) is 78.7 Å². The fraction of sp³-hybridized carbons (Fsp3) is 0.833. The van der Waals surface area contributed by atoms with Gasteiger partial charge in [0.2, 0.25) is 0 Å². The Kier molecular flexibility index (Phi) is 5.48. The molecule has 1 aliphatic rings. The Morgan fingerprint density at radius 3 is 2.48 bits per heavy atom. The molecule has 1 heterocycles. The van der Waals surface area contributed by atoms with E-state index in [0.717, 1.165) is 12.5 Å². The summed E-state index contributed by atoms with van der Waals surface area (Å²) in [6, 6.07) is 0. The van der Waals surface area contributed by atoms with Crippen molar-refractivity contribution in [2.24, 2.45) is 11.3 Å². The molecule has 0 aliphatic heterocycles. The first-order valence-corrected chi connectivity index (χ1v) is 9.49. The van der Waals surface area contributed by atoms with Crippen LogP contribution in [0.25, 0.3) is 0 Å². The number of aromatic nitrogens is 1. The third kappa shape index (κ3) is 3.68. The van der Waals surface area contributed by atoms with Gasteiger partial charge >= 0.3 is 0 Å². The number of thiazole rings is 1. The van der Waals surface area contributed by atoms with Crippen LogP contribution >= 0.6 is 11.3 Å². The van der Waals surface area contributed by atoms with E-state index < -0.39 is 0 Å². The van der Waals surface area contributed by atoms with Gasteiger partial charge in [0, 0.05) is 11.1 Å². The molecule has 1 aromatic heterocycles. The van der Waals surface area contributed by atoms with Crippen molar-refractivity contribution in [2.75, 3.05) is 6.54 Å². The highest BCUT2D eigenvalue weighted by Gasteiger charge is 2.41. The maximum atomic E-state index is 4.82. The Labute approximate surface area is 134 Å². The standard InChI is InChI=1S/C18H32N2S/c1-6-12-19-18(16-20-14(3)13-21-16)10-8-15(9-11-18)17(4,5)7-2/h13,15,19H,6-12H2,1-5H3. The predicted octanol–water partition coefficient (Wildman–Crippen LogP) is 5.27. The highest BCUT2D eigenvalue weighted by Crippen LogP contribution is 2.47. The second-order valence-corrected chi connectivity index (χ2v) is 8.28. The molecule has 120 valence electrons. The number of hydrogen-bond acceptors (Lipinski definition) is 3. The van der Waals surface area contributed by atoms with Crippen molar-refractivity contribution in [3.05, 3.63) is 16.1 Å². The van der Waals surface area contributed by atoms with E-state index in [4.69, 9.17) is 4.98 Å². The smallest absolute Gasteiger partial charge is 0.113 e. The summed E-state index contributed by atoms with van der Waals surface area (Å²) in [5.41, 5.74) is 1.80. The lowest BCUT2D eigenvalue weighted by Gasteiger charge is -2.44. The molecule has 0 atom stereocenters. The van der Waals surface area contributed by atoms with Crippen LogP contribution in [-0.4, -0.2) is 11.5 Å². The maximum absolute atomic E-state index is 4.82. The topological polar surface area (TPSA) is 24.9 Å². The van der Waals surface area contributed by atoms with Crippen LogP contribution in [0.15, 0.2) is 5.38 Å². The molecule has 2 nitrogen and oxygen atoms in total. The number of hydrogen-bond donors (Lipinski definition) is 1. The van der Waals surface area contributed by atoms with Crippen molar-refractivity contribution in [3.63, 3.8) is 0 Å². The summed E-state index contributed by atoms with van der Waals surface area (Å²) in [6.07, 6.45) is 7.62. The van der Waals surface area contributed by atoms with E-state index in [9.17, 15) is 0 Å². The van der Waals surface area contributed by atoms with E-state index >= 15 is 0 Å². The van der Waals surface area contributed by atoms with Gasteiger partial charge in [0.25, 0.3) is 0 Å². The minimum atomic E-state index is 0.148. The molecule has 0 bridgehead atoms. The van der Waals surface area contributed by atoms with Gasteiger partial charge in [-0.05, 0) is 56.9 Å². The molecule has 1 saturated carbocycles. The van der Waals surface area contributed by atoms with Crippen LogP contribution in [0.5, 0.6) is 0 Å². The van der Waals surface area contributed by atoms with Crippen LogP contribution in [-0.2, 0) is 5.54 Å². The Bertz CT molecular complexity index is 442.